The molecule has 0 saturated carbocycles. The molecule has 1 aliphatic heterocycles. The van der Waals surface area contributed by atoms with Crippen LogP contribution in [0.4, 0.5) is 11.4 Å². The van der Waals surface area contributed by atoms with Crippen LogP contribution in [0.3, 0.4) is 0 Å². The minimum atomic E-state index is -0.590. The second kappa shape index (κ2) is 7.82. The molecule has 0 aliphatic carbocycles. The highest BCUT2D eigenvalue weighted by Gasteiger charge is 2.30. The maximum atomic E-state index is 12.1. The standard InChI is InChI=1S/C22H20Cl2N2O3/c1-3-29-22-19(20(27)21(22)28)25-18-7-5-4-6-13(18)15-10-26(2)11-16-14(15)8-12(23)9-17(16)24/h4-9,15,25H,3,10-11H2,1-2H3/t15-/m0/s1. The minimum Gasteiger partial charge on any atom is -0.488 e. The van der Waals surface area contributed by atoms with E-state index >= 15 is 0 Å². The van der Waals surface area contributed by atoms with Gasteiger partial charge >= 0.3 is 0 Å². The summed E-state index contributed by atoms with van der Waals surface area (Å²) in [6, 6.07) is 11.5. The van der Waals surface area contributed by atoms with Gasteiger partial charge in [-0.2, -0.15) is 0 Å². The van der Waals surface area contributed by atoms with Crippen molar-refractivity contribution in [2.45, 2.75) is 19.4 Å². The van der Waals surface area contributed by atoms with Crippen molar-refractivity contribution in [3.63, 3.8) is 0 Å². The van der Waals surface area contributed by atoms with Crippen molar-refractivity contribution >= 4 is 34.6 Å². The Hall–Kier alpha value is -2.34. The van der Waals surface area contributed by atoms with Crippen LogP contribution in [0.15, 0.2) is 46.0 Å². The van der Waals surface area contributed by atoms with E-state index in [0.717, 1.165) is 35.5 Å². The van der Waals surface area contributed by atoms with Gasteiger partial charge in [0.25, 0.3) is 10.9 Å². The summed E-state index contributed by atoms with van der Waals surface area (Å²) in [5, 5.41) is 4.38. The molecule has 3 aromatic rings. The number of anilines is 2. The molecule has 1 atom stereocenters. The molecule has 0 radical (unpaired) electrons. The number of nitrogens with one attached hydrogen (secondary N) is 1. The molecule has 1 aliphatic rings. The van der Waals surface area contributed by atoms with E-state index in [-0.39, 0.29) is 17.4 Å². The van der Waals surface area contributed by atoms with E-state index in [1.807, 2.05) is 37.4 Å². The molecule has 0 saturated heterocycles. The molecule has 150 valence electrons. The van der Waals surface area contributed by atoms with Crippen molar-refractivity contribution < 1.29 is 4.74 Å². The highest BCUT2D eigenvalue weighted by atomic mass is 35.5. The zero-order valence-corrected chi connectivity index (χ0v) is 17.6. The molecule has 0 fully saturated rings. The summed E-state index contributed by atoms with van der Waals surface area (Å²) >= 11 is 12.8. The van der Waals surface area contributed by atoms with E-state index in [1.165, 1.54) is 0 Å². The van der Waals surface area contributed by atoms with Gasteiger partial charge in [0.05, 0.1) is 6.61 Å². The monoisotopic (exact) mass is 430 g/mol. The van der Waals surface area contributed by atoms with Gasteiger partial charge < -0.3 is 15.0 Å². The fourth-order valence-electron chi connectivity index (χ4n) is 3.93. The molecule has 0 bridgehead atoms. The van der Waals surface area contributed by atoms with Crippen LogP contribution < -0.4 is 20.9 Å². The van der Waals surface area contributed by atoms with Crippen LogP contribution in [0.5, 0.6) is 5.75 Å². The lowest BCUT2D eigenvalue weighted by atomic mass is 9.84. The Morgan fingerprint density at radius 2 is 1.90 bits per heavy atom. The van der Waals surface area contributed by atoms with Crippen LogP contribution in [0.2, 0.25) is 10.0 Å². The van der Waals surface area contributed by atoms with Gasteiger partial charge in [0.1, 0.15) is 5.69 Å². The van der Waals surface area contributed by atoms with Crippen LogP contribution >= 0.6 is 23.2 Å². The summed E-state index contributed by atoms with van der Waals surface area (Å²) in [5.41, 5.74) is 2.93. The average Bonchev–Trinajstić information content (AvgIpc) is 2.71. The number of para-hydroxylation sites is 1. The third-order valence-corrected chi connectivity index (χ3v) is 5.80. The van der Waals surface area contributed by atoms with E-state index in [1.54, 1.807) is 13.0 Å². The lowest BCUT2D eigenvalue weighted by Gasteiger charge is -2.34. The van der Waals surface area contributed by atoms with Gasteiger partial charge in [0, 0.05) is 34.7 Å². The lowest BCUT2D eigenvalue weighted by Crippen LogP contribution is -2.35. The first-order valence-corrected chi connectivity index (χ1v) is 10.1. The first-order chi connectivity index (χ1) is 13.9. The van der Waals surface area contributed by atoms with Crippen LogP contribution in [-0.4, -0.2) is 25.1 Å². The van der Waals surface area contributed by atoms with Crippen molar-refractivity contribution in [2.75, 3.05) is 25.5 Å². The van der Waals surface area contributed by atoms with Crippen molar-refractivity contribution in [1.29, 1.82) is 0 Å². The Balaban J connectivity index is 1.78. The van der Waals surface area contributed by atoms with Gasteiger partial charge in [-0.1, -0.05) is 41.4 Å². The SMILES string of the molecule is CCOc1c(Nc2ccccc2[C@@H]2CN(C)Cc3c(Cl)cc(Cl)cc32)c(=O)c1=O. The Bertz CT molecular complexity index is 1150. The normalized spacial score (nSPS) is 16.6. The number of nitrogens with zero attached hydrogens (tertiary/aromatic N) is 1. The van der Waals surface area contributed by atoms with Crippen LogP contribution in [0, 0.1) is 0 Å². The summed E-state index contributed by atoms with van der Waals surface area (Å²) in [7, 11) is 2.04. The Labute approximate surface area is 178 Å². The molecule has 0 aromatic heterocycles. The van der Waals surface area contributed by atoms with Crippen LogP contribution in [0.1, 0.15) is 29.5 Å². The van der Waals surface area contributed by atoms with E-state index in [9.17, 15) is 9.59 Å². The van der Waals surface area contributed by atoms with Crippen molar-refractivity contribution in [2.24, 2.45) is 0 Å². The minimum absolute atomic E-state index is 0.00525. The molecule has 4 rings (SSSR count). The summed E-state index contributed by atoms with van der Waals surface area (Å²) in [6.45, 7) is 3.60. The predicted molar refractivity (Wildman–Crippen MR) is 117 cm³/mol. The lowest BCUT2D eigenvalue weighted by molar-refractivity contribution is 0.295. The third kappa shape index (κ3) is 3.54. The van der Waals surface area contributed by atoms with Gasteiger partial charge in [-0.05, 0) is 48.9 Å². The molecule has 1 N–H and O–H groups in total. The smallest absolute Gasteiger partial charge is 0.272 e. The molecule has 0 spiro atoms. The quantitative estimate of drug-likeness (QED) is 0.611. The zero-order chi connectivity index (χ0) is 20.7. The molecular formula is C22H20Cl2N2O3. The molecular weight excluding hydrogens is 411 g/mol. The van der Waals surface area contributed by atoms with Crippen molar-refractivity contribution in [1.82, 2.24) is 4.90 Å². The molecule has 29 heavy (non-hydrogen) atoms. The number of hydrogen-bond acceptors (Lipinski definition) is 5. The number of likely N-dealkylation sites (N-methyl/N-ethyl adjacent to an activating group) is 1. The highest BCUT2D eigenvalue weighted by molar-refractivity contribution is 6.35. The maximum Gasteiger partial charge on any atom is 0.272 e. The largest absolute Gasteiger partial charge is 0.488 e. The topological polar surface area (TPSA) is 58.6 Å². The molecule has 3 aromatic carbocycles. The molecule has 1 heterocycles. The van der Waals surface area contributed by atoms with E-state index < -0.39 is 10.9 Å². The number of rotatable bonds is 5. The Kier molecular flexibility index (Phi) is 5.38. The van der Waals surface area contributed by atoms with E-state index in [0.29, 0.717) is 16.7 Å². The molecule has 0 unspecified atom stereocenters. The first-order valence-electron chi connectivity index (χ1n) is 9.39. The highest BCUT2D eigenvalue weighted by Crippen LogP contribution is 2.41. The zero-order valence-electron chi connectivity index (χ0n) is 16.1. The second-order valence-electron chi connectivity index (χ2n) is 7.21. The average molecular weight is 431 g/mol. The number of fused-ring (bicyclic) bond motifs is 1. The number of benzene rings is 2. The third-order valence-electron chi connectivity index (χ3n) is 5.24. The number of ether oxygens (including phenoxy) is 1. The van der Waals surface area contributed by atoms with Crippen molar-refractivity contribution in [3.05, 3.63) is 83.6 Å². The van der Waals surface area contributed by atoms with E-state index in [2.05, 4.69) is 10.2 Å². The maximum absolute atomic E-state index is 12.1. The fraction of sp³-hybridized carbons (Fsp3) is 0.273. The predicted octanol–water partition coefficient (Wildman–Crippen LogP) is 4.31. The van der Waals surface area contributed by atoms with Gasteiger partial charge in [-0.15, -0.1) is 0 Å². The van der Waals surface area contributed by atoms with Crippen LogP contribution in [0.25, 0.3) is 0 Å². The summed E-state index contributed by atoms with van der Waals surface area (Å²) < 4.78 is 5.34. The Morgan fingerprint density at radius 1 is 1.14 bits per heavy atom. The van der Waals surface area contributed by atoms with Crippen LogP contribution in [-0.2, 0) is 6.54 Å². The van der Waals surface area contributed by atoms with Gasteiger partial charge in [-0.3, -0.25) is 9.59 Å². The van der Waals surface area contributed by atoms with Gasteiger partial charge in [-0.25, -0.2) is 0 Å². The summed E-state index contributed by atoms with van der Waals surface area (Å²) in [5.74, 6) is 0.102. The van der Waals surface area contributed by atoms with Gasteiger partial charge in [0.2, 0.25) is 0 Å². The Morgan fingerprint density at radius 3 is 2.66 bits per heavy atom. The molecule has 5 nitrogen and oxygen atoms in total. The summed E-state index contributed by atoms with van der Waals surface area (Å²) in [6.07, 6.45) is 0. The number of hydrogen-bond donors (Lipinski definition) is 1. The fourth-order valence-corrected chi connectivity index (χ4v) is 4.50. The summed E-state index contributed by atoms with van der Waals surface area (Å²) in [4.78, 5) is 26.1. The molecule has 7 heteroatoms. The second-order valence-corrected chi connectivity index (χ2v) is 8.06. The number of halogens is 2. The first kappa shape index (κ1) is 20.0. The van der Waals surface area contributed by atoms with Gasteiger partial charge in [0.15, 0.2) is 5.75 Å². The molecule has 0 amide bonds. The van der Waals surface area contributed by atoms with Crippen molar-refractivity contribution in [3.8, 4) is 5.75 Å². The van der Waals surface area contributed by atoms with E-state index in [4.69, 9.17) is 27.9 Å².